The zero-order chi connectivity index (χ0) is 18.3. The van der Waals surface area contributed by atoms with Gasteiger partial charge in [0.05, 0.1) is 5.56 Å². The Morgan fingerprint density at radius 2 is 1.88 bits per heavy atom. The number of nitrogens with one attached hydrogen (secondary N) is 1. The molecule has 0 saturated heterocycles. The van der Waals surface area contributed by atoms with E-state index in [2.05, 4.69) is 34.7 Å². The molecule has 2 aromatic heterocycles. The standard InChI is InChI=1S/C16H12F2N6O2/c1-8-21-14(24-15(19)22-8)10-3-2-6-20-13(10)23-9-4-5-11-12(7-9)26-16(17,18)25-11/h2-7H,1H3,(H,20,23)(H2,19,21,22,24). The van der Waals surface area contributed by atoms with E-state index in [9.17, 15) is 8.78 Å². The van der Waals surface area contributed by atoms with Crippen LogP contribution in [0.25, 0.3) is 11.4 Å². The van der Waals surface area contributed by atoms with Crippen LogP contribution in [0.5, 0.6) is 11.5 Å². The summed E-state index contributed by atoms with van der Waals surface area (Å²) in [5.74, 6) is 1.21. The van der Waals surface area contributed by atoms with Gasteiger partial charge in [0.1, 0.15) is 11.6 Å². The molecule has 3 aromatic rings. The number of nitrogens with zero attached hydrogens (tertiary/aromatic N) is 4. The molecule has 0 bridgehead atoms. The summed E-state index contributed by atoms with van der Waals surface area (Å²) in [5, 5.41) is 3.03. The van der Waals surface area contributed by atoms with Crippen LogP contribution in [0.4, 0.5) is 26.2 Å². The van der Waals surface area contributed by atoms with Crippen molar-refractivity contribution in [2.45, 2.75) is 13.2 Å². The third kappa shape index (κ3) is 3.04. The molecule has 0 saturated carbocycles. The van der Waals surface area contributed by atoms with Crippen LogP contribution >= 0.6 is 0 Å². The van der Waals surface area contributed by atoms with Crippen LogP contribution in [0.3, 0.4) is 0 Å². The predicted molar refractivity (Wildman–Crippen MR) is 88.1 cm³/mol. The van der Waals surface area contributed by atoms with Gasteiger partial charge in [-0.3, -0.25) is 0 Å². The molecule has 0 fully saturated rings. The number of nitrogens with two attached hydrogens (primary N) is 1. The van der Waals surface area contributed by atoms with Crippen molar-refractivity contribution in [2.75, 3.05) is 11.1 Å². The van der Waals surface area contributed by atoms with Gasteiger partial charge >= 0.3 is 6.29 Å². The zero-order valence-electron chi connectivity index (χ0n) is 13.4. The summed E-state index contributed by atoms with van der Waals surface area (Å²) < 4.78 is 35.1. The van der Waals surface area contributed by atoms with Crippen LogP contribution in [-0.2, 0) is 0 Å². The monoisotopic (exact) mass is 358 g/mol. The van der Waals surface area contributed by atoms with Crippen molar-refractivity contribution in [1.82, 2.24) is 19.9 Å². The summed E-state index contributed by atoms with van der Waals surface area (Å²) in [7, 11) is 0. The van der Waals surface area contributed by atoms with Gasteiger partial charge in [-0.15, -0.1) is 8.78 Å². The van der Waals surface area contributed by atoms with Crippen LogP contribution in [0.15, 0.2) is 36.5 Å². The van der Waals surface area contributed by atoms with Gasteiger partial charge in [0.2, 0.25) is 5.95 Å². The lowest BCUT2D eigenvalue weighted by atomic mass is 10.2. The van der Waals surface area contributed by atoms with Gasteiger partial charge < -0.3 is 20.5 Å². The molecule has 0 spiro atoms. The highest BCUT2D eigenvalue weighted by molar-refractivity contribution is 5.75. The van der Waals surface area contributed by atoms with Gasteiger partial charge in [-0.25, -0.2) is 9.97 Å². The molecule has 0 atom stereocenters. The minimum Gasteiger partial charge on any atom is -0.395 e. The summed E-state index contributed by atoms with van der Waals surface area (Å²) in [6.07, 6.45) is -2.10. The highest BCUT2D eigenvalue weighted by Crippen LogP contribution is 2.42. The van der Waals surface area contributed by atoms with E-state index in [1.54, 1.807) is 31.3 Å². The summed E-state index contributed by atoms with van der Waals surface area (Å²) >= 11 is 0. The Morgan fingerprint density at radius 3 is 2.69 bits per heavy atom. The first-order chi connectivity index (χ1) is 12.4. The molecule has 0 unspecified atom stereocenters. The topological polar surface area (TPSA) is 108 Å². The Bertz CT molecular complexity index is 978. The molecule has 3 N–H and O–H groups in total. The summed E-state index contributed by atoms with van der Waals surface area (Å²) in [6.45, 7) is 1.70. The van der Waals surface area contributed by atoms with E-state index in [0.29, 0.717) is 28.7 Å². The normalized spacial score (nSPS) is 14.3. The molecule has 1 aliphatic rings. The number of aryl methyl sites for hydroxylation is 1. The summed E-state index contributed by atoms with van der Waals surface area (Å²) in [5.41, 5.74) is 6.73. The molecule has 0 amide bonds. The van der Waals surface area contributed by atoms with Crippen LogP contribution in [0, 0.1) is 6.92 Å². The predicted octanol–water partition coefficient (Wildman–Crippen LogP) is 2.89. The van der Waals surface area contributed by atoms with Crippen molar-refractivity contribution >= 4 is 17.5 Å². The Kier molecular flexibility index (Phi) is 3.53. The molecule has 8 nitrogen and oxygen atoms in total. The lowest BCUT2D eigenvalue weighted by Gasteiger charge is -2.11. The number of alkyl halides is 2. The number of aromatic nitrogens is 4. The van der Waals surface area contributed by atoms with Crippen LogP contribution < -0.4 is 20.5 Å². The molecule has 132 valence electrons. The molecule has 0 radical (unpaired) electrons. The average Bonchev–Trinajstić information content (AvgIpc) is 2.87. The van der Waals surface area contributed by atoms with Crippen LogP contribution in [0.1, 0.15) is 5.82 Å². The first-order valence-electron chi connectivity index (χ1n) is 7.50. The Balaban J connectivity index is 1.68. The first kappa shape index (κ1) is 15.9. The number of rotatable bonds is 3. The number of hydrogen-bond acceptors (Lipinski definition) is 8. The summed E-state index contributed by atoms with van der Waals surface area (Å²) in [4.78, 5) is 16.6. The van der Waals surface area contributed by atoms with Crippen molar-refractivity contribution in [3.63, 3.8) is 0 Å². The fourth-order valence-electron chi connectivity index (χ4n) is 2.47. The molecule has 26 heavy (non-hydrogen) atoms. The largest absolute Gasteiger partial charge is 0.586 e. The Hall–Kier alpha value is -3.56. The highest BCUT2D eigenvalue weighted by Gasteiger charge is 2.43. The lowest BCUT2D eigenvalue weighted by molar-refractivity contribution is -0.286. The zero-order valence-corrected chi connectivity index (χ0v) is 13.4. The first-order valence-corrected chi connectivity index (χ1v) is 7.50. The maximum absolute atomic E-state index is 13.1. The van der Waals surface area contributed by atoms with Gasteiger partial charge in [-0.05, 0) is 31.2 Å². The number of fused-ring (bicyclic) bond motifs is 1. The van der Waals surface area contributed by atoms with Crippen molar-refractivity contribution in [2.24, 2.45) is 0 Å². The van der Waals surface area contributed by atoms with E-state index in [1.807, 2.05) is 0 Å². The molecular formula is C16H12F2N6O2. The van der Waals surface area contributed by atoms with Gasteiger partial charge in [0, 0.05) is 18.0 Å². The molecule has 0 aliphatic carbocycles. The third-order valence-corrected chi connectivity index (χ3v) is 3.48. The average molecular weight is 358 g/mol. The van der Waals surface area contributed by atoms with Crippen LogP contribution in [0.2, 0.25) is 0 Å². The summed E-state index contributed by atoms with van der Waals surface area (Å²) in [6, 6.07) is 7.81. The second kappa shape index (κ2) is 5.76. The van der Waals surface area contributed by atoms with E-state index in [1.165, 1.54) is 12.1 Å². The number of halogens is 2. The molecule has 1 aromatic carbocycles. The molecule has 10 heteroatoms. The SMILES string of the molecule is Cc1nc(N)nc(-c2cccnc2Nc2ccc3c(c2)OC(F)(F)O3)n1. The van der Waals surface area contributed by atoms with E-state index in [0.717, 1.165) is 0 Å². The minimum atomic E-state index is -3.67. The number of nitrogen functional groups attached to an aromatic ring is 1. The molecule has 3 heterocycles. The van der Waals surface area contributed by atoms with Gasteiger partial charge in [-0.2, -0.15) is 9.97 Å². The maximum atomic E-state index is 13.1. The second-order valence-corrected chi connectivity index (χ2v) is 5.42. The lowest BCUT2D eigenvalue weighted by Crippen LogP contribution is -2.25. The second-order valence-electron chi connectivity index (χ2n) is 5.42. The van der Waals surface area contributed by atoms with E-state index < -0.39 is 6.29 Å². The fourth-order valence-corrected chi connectivity index (χ4v) is 2.47. The maximum Gasteiger partial charge on any atom is 0.586 e. The number of anilines is 3. The van der Waals surface area contributed by atoms with Crippen LogP contribution in [-0.4, -0.2) is 26.2 Å². The smallest absolute Gasteiger partial charge is 0.395 e. The molecule has 1 aliphatic heterocycles. The van der Waals surface area contributed by atoms with Crippen molar-refractivity contribution in [3.8, 4) is 22.9 Å². The van der Waals surface area contributed by atoms with E-state index in [4.69, 9.17) is 5.73 Å². The number of hydrogen-bond donors (Lipinski definition) is 2. The van der Waals surface area contributed by atoms with E-state index >= 15 is 0 Å². The highest BCUT2D eigenvalue weighted by atomic mass is 19.3. The fraction of sp³-hybridized carbons (Fsp3) is 0.125. The Labute approximate surface area is 146 Å². The van der Waals surface area contributed by atoms with Gasteiger partial charge in [-0.1, -0.05) is 0 Å². The number of pyridine rings is 1. The molecule has 4 rings (SSSR count). The Morgan fingerprint density at radius 1 is 1.08 bits per heavy atom. The number of ether oxygens (including phenoxy) is 2. The van der Waals surface area contributed by atoms with Crippen molar-refractivity contribution < 1.29 is 18.3 Å². The quantitative estimate of drug-likeness (QED) is 0.736. The minimum absolute atomic E-state index is 0.0392. The van der Waals surface area contributed by atoms with E-state index in [-0.39, 0.29) is 17.4 Å². The van der Waals surface area contributed by atoms with Gasteiger partial charge in [0.25, 0.3) is 0 Å². The molecular weight excluding hydrogens is 346 g/mol. The van der Waals surface area contributed by atoms with Gasteiger partial charge in [0.15, 0.2) is 17.3 Å². The van der Waals surface area contributed by atoms with Crippen molar-refractivity contribution in [3.05, 3.63) is 42.4 Å². The van der Waals surface area contributed by atoms with Crippen molar-refractivity contribution in [1.29, 1.82) is 0 Å². The third-order valence-electron chi connectivity index (χ3n) is 3.48. The number of benzene rings is 1.